The Kier molecular flexibility index (Phi) is 4.44. The summed E-state index contributed by atoms with van der Waals surface area (Å²) in [6.45, 7) is 6.90. The van der Waals surface area contributed by atoms with Crippen molar-refractivity contribution in [2.45, 2.75) is 51.4 Å². The predicted molar refractivity (Wildman–Crippen MR) is 57.5 cm³/mol. The maximum Gasteiger partial charge on any atom is 0.0562 e. The summed E-state index contributed by atoms with van der Waals surface area (Å²) in [6, 6.07) is 0.733. The van der Waals surface area contributed by atoms with Crippen molar-refractivity contribution in [3.8, 4) is 0 Å². The molecule has 0 saturated carbocycles. The van der Waals surface area contributed by atoms with Crippen molar-refractivity contribution >= 4 is 11.8 Å². The number of hydrogen-bond acceptors (Lipinski definition) is 2. The summed E-state index contributed by atoms with van der Waals surface area (Å²) in [5, 5.41) is 4.41. The molecule has 0 spiro atoms. The maximum atomic E-state index is 3.68. The van der Waals surface area contributed by atoms with Crippen molar-refractivity contribution in [1.82, 2.24) is 5.32 Å². The second-order valence-corrected chi connectivity index (χ2v) is 4.97. The van der Waals surface area contributed by atoms with Crippen molar-refractivity contribution < 1.29 is 0 Å². The minimum Gasteiger partial charge on any atom is -0.303 e. The lowest BCUT2D eigenvalue weighted by Gasteiger charge is -2.33. The van der Waals surface area contributed by atoms with E-state index in [1.165, 1.54) is 25.0 Å². The van der Waals surface area contributed by atoms with E-state index in [-0.39, 0.29) is 0 Å². The molecule has 1 N–H and O–H groups in total. The summed E-state index contributed by atoms with van der Waals surface area (Å²) in [5.41, 5.74) is 0. The molecule has 2 heteroatoms. The fraction of sp³-hybridized carbons (Fsp3) is 1.00. The van der Waals surface area contributed by atoms with E-state index in [1.807, 2.05) is 0 Å². The Morgan fingerprint density at radius 2 is 2.08 bits per heavy atom. The molecule has 2 atom stereocenters. The van der Waals surface area contributed by atoms with Crippen LogP contribution in [0, 0.1) is 5.92 Å². The van der Waals surface area contributed by atoms with Gasteiger partial charge in [-0.2, -0.15) is 0 Å². The van der Waals surface area contributed by atoms with Gasteiger partial charge < -0.3 is 5.32 Å². The van der Waals surface area contributed by atoms with E-state index in [2.05, 4.69) is 37.8 Å². The summed E-state index contributed by atoms with van der Waals surface area (Å²) in [5.74, 6) is 2.22. The Bertz CT molecular complexity index is 123. The fourth-order valence-electron chi connectivity index (χ4n) is 1.77. The molecule has 1 aliphatic heterocycles. The third kappa shape index (κ3) is 2.67. The van der Waals surface area contributed by atoms with E-state index in [1.54, 1.807) is 0 Å². The lowest BCUT2D eigenvalue weighted by atomic mass is 10.0. The first-order valence-electron chi connectivity index (χ1n) is 5.15. The zero-order valence-corrected chi connectivity index (χ0v) is 9.29. The molecule has 12 heavy (non-hydrogen) atoms. The van der Waals surface area contributed by atoms with Crippen LogP contribution >= 0.6 is 11.8 Å². The predicted octanol–water partition coefficient (Wildman–Crippen LogP) is 2.86. The Hall–Kier alpha value is 0.310. The molecule has 0 aromatic heterocycles. The molecule has 1 fully saturated rings. The first kappa shape index (κ1) is 10.4. The van der Waals surface area contributed by atoms with Gasteiger partial charge >= 0.3 is 0 Å². The number of thioether (sulfide) groups is 1. The minimum absolute atomic E-state index is 0.726. The van der Waals surface area contributed by atoms with Gasteiger partial charge in [-0.15, -0.1) is 11.8 Å². The first-order valence-corrected chi connectivity index (χ1v) is 6.20. The van der Waals surface area contributed by atoms with Crippen LogP contribution in [0.5, 0.6) is 0 Å². The van der Waals surface area contributed by atoms with Crippen LogP contribution in [-0.2, 0) is 0 Å². The average molecular weight is 187 g/mol. The maximum absolute atomic E-state index is 3.68. The number of rotatable bonds is 3. The van der Waals surface area contributed by atoms with Crippen LogP contribution < -0.4 is 5.32 Å². The van der Waals surface area contributed by atoms with E-state index in [0.29, 0.717) is 0 Å². The summed E-state index contributed by atoms with van der Waals surface area (Å²) in [4.78, 5) is 0. The SMILES string of the molecule is CCC(CC)C1NC(C)CCS1. The second-order valence-electron chi connectivity index (χ2n) is 3.72. The first-order chi connectivity index (χ1) is 5.77. The van der Waals surface area contributed by atoms with Gasteiger partial charge in [-0.3, -0.25) is 0 Å². The molecule has 0 amide bonds. The molecule has 1 heterocycles. The highest BCUT2D eigenvalue weighted by Crippen LogP contribution is 2.27. The lowest BCUT2D eigenvalue weighted by molar-refractivity contribution is 0.376. The normalized spacial score (nSPS) is 31.0. The third-order valence-corrected chi connectivity index (χ3v) is 4.13. The van der Waals surface area contributed by atoms with Gasteiger partial charge in [-0.25, -0.2) is 0 Å². The topological polar surface area (TPSA) is 12.0 Å². The van der Waals surface area contributed by atoms with E-state index in [0.717, 1.165) is 17.3 Å². The molecule has 0 bridgehead atoms. The summed E-state index contributed by atoms with van der Waals surface area (Å²) in [6.07, 6.45) is 3.96. The molecule has 1 saturated heterocycles. The van der Waals surface area contributed by atoms with E-state index in [4.69, 9.17) is 0 Å². The van der Waals surface area contributed by atoms with Crippen LogP contribution in [0.2, 0.25) is 0 Å². The molecule has 72 valence electrons. The van der Waals surface area contributed by atoms with Gasteiger partial charge in [0.25, 0.3) is 0 Å². The van der Waals surface area contributed by atoms with Gasteiger partial charge in [-0.1, -0.05) is 26.7 Å². The minimum atomic E-state index is 0.726. The van der Waals surface area contributed by atoms with Crippen molar-refractivity contribution in [3.05, 3.63) is 0 Å². The zero-order chi connectivity index (χ0) is 8.97. The van der Waals surface area contributed by atoms with Crippen LogP contribution in [0.1, 0.15) is 40.0 Å². The molecule has 2 unspecified atom stereocenters. The van der Waals surface area contributed by atoms with Crippen LogP contribution in [0.25, 0.3) is 0 Å². The molecular weight excluding hydrogens is 166 g/mol. The highest BCUT2D eigenvalue weighted by atomic mass is 32.2. The molecule has 1 nitrogen and oxygen atoms in total. The summed E-state index contributed by atoms with van der Waals surface area (Å²) in [7, 11) is 0. The highest BCUT2D eigenvalue weighted by molar-refractivity contribution is 7.99. The molecule has 0 radical (unpaired) electrons. The standard InChI is InChI=1S/C10H21NS/c1-4-9(5-2)10-11-8(3)6-7-12-10/h8-11H,4-7H2,1-3H3. The van der Waals surface area contributed by atoms with Crippen molar-refractivity contribution in [2.24, 2.45) is 5.92 Å². The number of hydrogen-bond donors (Lipinski definition) is 1. The highest BCUT2D eigenvalue weighted by Gasteiger charge is 2.23. The van der Waals surface area contributed by atoms with Crippen LogP contribution in [0.3, 0.4) is 0 Å². The number of nitrogens with one attached hydrogen (secondary N) is 1. The van der Waals surface area contributed by atoms with Crippen molar-refractivity contribution in [2.75, 3.05) is 5.75 Å². The van der Waals surface area contributed by atoms with Crippen LogP contribution in [0.4, 0.5) is 0 Å². The Labute approximate surface area is 80.7 Å². The van der Waals surface area contributed by atoms with Crippen LogP contribution in [0.15, 0.2) is 0 Å². The quantitative estimate of drug-likeness (QED) is 0.729. The van der Waals surface area contributed by atoms with Gasteiger partial charge in [0.05, 0.1) is 5.37 Å². The lowest BCUT2D eigenvalue weighted by Crippen LogP contribution is -2.43. The van der Waals surface area contributed by atoms with E-state index >= 15 is 0 Å². The molecule has 0 aromatic carbocycles. The van der Waals surface area contributed by atoms with Crippen molar-refractivity contribution in [3.63, 3.8) is 0 Å². The van der Waals surface area contributed by atoms with Gasteiger partial charge in [0.15, 0.2) is 0 Å². The van der Waals surface area contributed by atoms with E-state index < -0.39 is 0 Å². The summed E-state index contributed by atoms with van der Waals surface area (Å²) < 4.78 is 0. The van der Waals surface area contributed by atoms with Gasteiger partial charge in [0.1, 0.15) is 0 Å². The second kappa shape index (κ2) is 5.13. The zero-order valence-electron chi connectivity index (χ0n) is 8.47. The largest absolute Gasteiger partial charge is 0.303 e. The summed E-state index contributed by atoms with van der Waals surface area (Å²) >= 11 is 2.11. The smallest absolute Gasteiger partial charge is 0.0562 e. The van der Waals surface area contributed by atoms with Gasteiger partial charge in [0.2, 0.25) is 0 Å². The van der Waals surface area contributed by atoms with Crippen molar-refractivity contribution in [1.29, 1.82) is 0 Å². The van der Waals surface area contributed by atoms with Gasteiger partial charge in [-0.05, 0) is 25.0 Å². The Morgan fingerprint density at radius 1 is 1.42 bits per heavy atom. The van der Waals surface area contributed by atoms with Gasteiger partial charge in [0, 0.05) is 6.04 Å². The Balaban J connectivity index is 2.38. The monoisotopic (exact) mass is 187 g/mol. The fourth-order valence-corrected chi connectivity index (χ4v) is 3.50. The molecule has 1 rings (SSSR count). The van der Waals surface area contributed by atoms with E-state index in [9.17, 15) is 0 Å². The average Bonchev–Trinajstić information content (AvgIpc) is 2.07. The molecule has 1 aliphatic rings. The molecule has 0 aromatic rings. The Morgan fingerprint density at radius 3 is 2.58 bits per heavy atom. The third-order valence-electron chi connectivity index (χ3n) is 2.77. The molecular formula is C10H21NS. The molecule has 0 aliphatic carbocycles. The van der Waals surface area contributed by atoms with Crippen LogP contribution in [-0.4, -0.2) is 17.2 Å².